The van der Waals surface area contributed by atoms with E-state index in [-0.39, 0.29) is 0 Å². The molecule has 2 rings (SSSR count). The van der Waals surface area contributed by atoms with E-state index in [1.165, 1.54) is 0 Å². The van der Waals surface area contributed by atoms with Gasteiger partial charge in [-0.2, -0.15) is 5.10 Å². The molecule has 0 unspecified atom stereocenters. The van der Waals surface area contributed by atoms with Gasteiger partial charge in [0.2, 0.25) is 0 Å². The molecule has 0 aromatic carbocycles. The normalized spacial score (nSPS) is 11.5. The molecule has 0 radical (unpaired) electrons. The number of hydrogen-bond donors (Lipinski definition) is 1. The van der Waals surface area contributed by atoms with Gasteiger partial charge in [-0.05, 0) is 12.0 Å². The van der Waals surface area contributed by atoms with E-state index in [2.05, 4.69) is 48.1 Å². The molecule has 0 atom stereocenters. The summed E-state index contributed by atoms with van der Waals surface area (Å²) in [5, 5.41) is 7.84. The van der Waals surface area contributed by atoms with Gasteiger partial charge in [0, 0.05) is 25.0 Å². The Morgan fingerprint density at radius 1 is 1.21 bits per heavy atom. The minimum Gasteiger partial charge on any atom is -0.309 e. The van der Waals surface area contributed by atoms with Crippen molar-refractivity contribution in [2.24, 2.45) is 0 Å². The Kier molecular flexibility index (Phi) is 4.27. The molecule has 5 nitrogen and oxygen atoms in total. The number of rotatable bonds is 5. The van der Waals surface area contributed by atoms with Crippen LogP contribution >= 0.6 is 0 Å². The Bertz CT molecular complexity index is 530. The minimum atomic E-state index is 0.417. The molecule has 0 bridgehead atoms. The fourth-order valence-corrected chi connectivity index (χ4v) is 1.67. The van der Waals surface area contributed by atoms with Crippen LogP contribution in [0, 0.1) is 0 Å². The van der Waals surface area contributed by atoms with Gasteiger partial charge in [-0.25, -0.2) is 9.67 Å². The van der Waals surface area contributed by atoms with Crippen LogP contribution in [0.2, 0.25) is 0 Å². The molecule has 2 aromatic heterocycles. The minimum absolute atomic E-state index is 0.417. The lowest BCUT2D eigenvalue weighted by atomic mass is 10.1. The Hall–Kier alpha value is -1.75. The number of nitrogens with one attached hydrogen (secondary N) is 1. The lowest BCUT2D eigenvalue weighted by Crippen LogP contribution is -2.22. The van der Waals surface area contributed by atoms with Crippen molar-refractivity contribution in [1.82, 2.24) is 25.1 Å². The van der Waals surface area contributed by atoms with Crippen LogP contribution in [-0.2, 0) is 6.54 Å². The molecule has 2 heterocycles. The summed E-state index contributed by atoms with van der Waals surface area (Å²) in [5.74, 6) is 1.18. The van der Waals surface area contributed by atoms with Crippen molar-refractivity contribution in [2.75, 3.05) is 0 Å². The van der Waals surface area contributed by atoms with E-state index in [1.807, 2.05) is 12.3 Å². The molecule has 0 spiro atoms. The Morgan fingerprint density at radius 2 is 2.00 bits per heavy atom. The Balaban J connectivity index is 2.17. The molecule has 102 valence electrons. The summed E-state index contributed by atoms with van der Waals surface area (Å²) in [7, 11) is 0. The largest absolute Gasteiger partial charge is 0.309 e. The zero-order chi connectivity index (χ0) is 13.8. The maximum Gasteiger partial charge on any atom is 0.172 e. The molecule has 5 heteroatoms. The van der Waals surface area contributed by atoms with Crippen molar-refractivity contribution in [1.29, 1.82) is 0 Å². The molecule has 0 aliphatic carbocycles. The highest BCUT2D eigenvalue weighted by molar-refractivity contribution is 5.20. The van der Waals surface area contributed by atoms with Crippen LogP contribution in [0.3, 0.4) is 0 Å². The van der Waals surface area contributed by atoms with Crippen molar-refractivity contribution in [3.8, 4) is 5.82 Å². The highest BCUT2D eigenvalue weighted by Crippen LogP contribution is 2.12. The molecule has 0 saturated heterocycles. The molecular formula is C14H21N5. The first-order valence-electron chi connectivity index (χ1n) is 6.66. The molecule has 2 aromatic rings. The Morgan fingerprint density at radius 3 is 2.63 bits per heavy atom. The molecule has 0 aliphatic rings. The molecule has 0 saturated carbocycles. The summed E-state index contributed by atoms with van der Waals surface area (Å²) in [6, 6.07) is 2.45. The van der Waals surface area contributed by atoms with Crippen LogP contribution in [0.1, 0.15) is 45.0 Å². The molecular weight excluding hydrogens is 238 g/mol. The van der Waals surface area contributed by atoms with Gasteiger partial charge in [0.05, 0.1) is 17.6 Å². The smallest absolute Gasteiger partial charge is 0.172 e. The highest BCUT2D eigenvalue weighted by atomic mass is 15.3. The Labute approximate surface area is 114 Å². The molecule has 0 aliphatic heterocycles. The van der Waals surface area contributed by atoms with Gasteiger partial charge >= 0.3 is 0 Å². The lowest BCUT2D eigenvalue weighted by molar-refractivity contribution is 0.578. The second-order valence-electron chi connectivity index (χ2n) is 5.24. The van der Waals surface area contributed by atoms with E-state index in [1.54, 1.807) is 17.1 Å². The lowest BCUT2D eigenvalue weighted by Gasteiger charge is -2.08. The number of nitrogens with zero attached hydrogens (tertiary/aromatic N) is 4. The molecule has 0 fully saturated rings. The third-order valence-electron chi connectivity index (χ3n) is 2.80. The quantitative estimate of drug-likeness (QED) is 0.895. The summed E-state index contributed by atoms with van der Waals surface area (Å²) in [5.41, 5.74) is 1.99. The van der Waals surface area contributed by atoms with Gasteiger partial charge in [0.15, 0.2) is 5.82 Å². The SMILES string of the molecule is CC(C)NCc1cncc(-n2ccc(C(C)C)n2)n1. The van der Waals surface area contributed by atoms with Crippen molar-refractivity contribution in [3.63, 3.8) is 0 Å². The zero-order valence-corrected chi connectivity index (χ0v) is 12.0. The third kappa shape index (κ3) is 3.61. The summed E-state index contributed by atoms with van der Waals surface area (Å²) < 4.78 is 1.78. The van der Waals surface area contributed by atoms with Crippen LogP contribution in [0.15, 0.2) is 24.7 Å². The predicted octanol–water partition coefficient (Wildman–Crippen LogP) is 2.28. The van der Waals surface area contributed by atoms with Crippen LogP contribution in [-0.4, -0.2) is 25.8 Å². The van der Waals surface area contributed by atoms with E-state index >= 15 is 0 Å². The third-order valence-corrected chi connectivity index (χ3v) is 2.80. The van der Waals surface area contributed by atoms with Crippen LogP contribution in [0.5, 0.6) is 0 Å². The van der Waals surface area contributed by atoms with E-state index in [0.29, 0.717) is 12.0 Å². The van der Waals surface area contributed by atoms with Gasteiger partial charge in [-0.1, -0.05) is 27.7 Å². The van der Waals surface area contributed by atoms with Gasteiger partial charge in [0.25, 0.3) is 0 Å². The van der Waals surface area contributed by atoms with Crippen LogP contribution < -0.4 is 5.32 Å². The summed E-state index contributed by atoms with van der Waals surface area (Å²) in [4.78, 5) is 8.79. The average Bonchev–Trinajstić information content (AvgIpc) is 2.86. The van der Waals surface area contributed by atoms with Gasteiger partial charge in [-0.15, -0.1) is 0 Å². The van der Waals surface area contributed by atoms with Crippen LogP contribution in [0.4, 0.5) is 0 Å². The van der Waals surface area contributed by atoms with E-state index in [4.69, 9.17) is 0 Å². The van der Waals surface area contributed by atoms with Crippen molar-refractivity contribution in [2.45, 2.75) is 46.2 Å². The number of aromatic nitrogens is 4. The second-order valence-corrected chi connectivity index (χ2v) is 5.24. The van der Waals surface area contributed by atoms with Crippen molar-refractivity contribution in [3.05, 3.63) is 36.0 Å². The first kappa shape index (κ1) is 13.7. The molecule has 1 N–H and O–H groups in total. The topological polar surface area (TPSA) is 55.6 Å². The highest BCUT2D eigenvalue weighted by Gasteiger charge is 2.07. The summed E-state index contributed by atoms with van der Waals surface area (Å²) in [6.45, 7) is 9.19. The zero-order valence-electron chi connectivity index (χ0n) is 12.0. The fraction of sp³-hybridized carbons (Fsp3) is 0.500. The van der Waals surface area contributed by atoms with Crippen molar-refractivity contribution < 1.29 is 0 Å². The van der Waals surface area contributed by atoms with E-state index in [9.17, 15) is 0 Å². The van der Waals surface area contributed by atoms with Gasteiger partial charge in [0.1, 0.15) is 0 Å². The second kappa shape index (κ2) is 5.93. The van der Waals surface area contributed by atoms with Crippen LogP contribution in [0.25, 0.3) is 5.82 Å². The summed E-state index contributed by atoms with van der Waals surface area (Å²) in [6.07, 6.45) is 5.45. The van der Waals surface area contributed by atoms with E-state index < -0.39 is 0 Å². The van der Waals surface area contributed by atoms with Gasteiger partial charge in [-0.3, -0.25) is 4.98 Å². The maximum atomic E-state index is 4.56. The fourth-order valence-electron chi connectivity index (χ4n) is 1.67. The monoisotopic (exact) mass is 259 g/mol. The van der Waals surface area contributed by atoms with Gasteiger partial charge < -0.3 is 5.32 Å². The average molecular weight is 259 g/mol. The van der Waals surface area contributed by atoms with E-state index in [0.717, 1.165) is 23.8 Å². The summed E-state index contributed by atoms with van der Waals surface area (Å²) >= 11 is 0. The standard InChI is InChI=1S/C14H21N5/c1-10(2)13-5-6-19(18-13)14-9-15-7-12(17-14)8-16-11(3)4/h5-7,9-11,16H,8H2,1-4H3. The first-order chi connectivity index (χ1) is 9.06. The first-order valence-corrected chi connectivity index (χ1v) is 6.66. The van der Waals surface area contributed by atoms with Crippen molar-refractivity contribution >= 4 is 0 Å². The molecule has 19 heavy (non-hydrogen) atoms. The maximum absolute atomic E-state index is 4.56. The predicted molar refractivity (Wildman–Crippen MR) is 75.2 cm³/mol. The number of hydrogen-bond acceptors (Lipinski definition) is 4. The molecule has 0 amide bonds.